The molecule has 2 aromatic rings. The molecular formula is C22H23NO5. The van der Waals surface area contributed by atoms with Crippen LogP contribution in [0.4, 0.5) is 0 Å². The van der Waals surface area contributed by atoms with E-state index in [9.17, 15) is 15.0 Å². The van der Waals surface area contributed by atoms with Crippen LogP contribution in [0, 0.1) is 0 Å². The summed E-state index contributed by atoms with van der Waals surface area (Å²) in [5.41, 5.74) is 2.86. The second kappa shape index (κ2) is 8.19. The van der Waals surface area contributed by atoms with E-state index in [-0.39, 0.29) is 17.3 Å². The molecule has 1 aliphatic heterocycles. The SMILES string of the molecule is COc1cc(C=C2CN(C)CC(=Cc3ccc(O)c(OC)c3)C2=O)ccc1O. The van der Waals surface area contributed by atoms with Crippen molar-refractivity contribution in [3.05, 3.63) is 58.7 Å². The number of ether oxygens (including phenoxy) is 2. The third-order valence-corrected chi connectivity index (χ3v) is 4.55. The highest BCUT2D eigenvalue weighted by molar-refractivity contribution is 6.14. The van der Waals surface area contributed by atoms with Gasteiger partial charge in [0, 0.05) is 24.2 Å². The number of nitrogens with zero attached hydrogens (tertiary/aromatic N) is 1. The first-order valence-corrected chi connectivity index (χ1v) is 8.79. The van der Waals surface area contributed by atoms with Crippen molar-refractivity contribution in [3.8, 4) is 23.0 Å². The molecule has 0 saturated carbocycles. The number of likely N-dealkylation sites (tertiary alicyclic amines) is 1. The number of ketones is 1. The molecule has 1 saturated heterocycles. The molecule has 0 atom stereocenters. The van der Waals surface area contributed by atoms with E-state index in [4.69, 9.17) is 9.47 Å². The van der Waals surface area contributed by atoms with Gasteiger partial charge in [0.15, 0.2) is 28.8 Å². The van der Waals surface area contributed by atoms with Crippen molar-refractivity contribution in [2.75, 3.05) is 34.4 Å². The Morgan fingerprint density at radius 2 is 1.29 bits per heavy atom. The average molecular weight is 381 g/mol. The first-order valence-electron chi connectivity index (χ1n) is 8.79. The van der Waals surface area contributed by atoms with Gasteiger partial charge in [0.25, 0.3) is 0 Å². The van der Waals surface area contributed by atoms with E-state index in [0.717, 1.165) is 11.1 Å². The Hall–Kier alpha value is -3.25. The molecule has 0 bridgehead atoms. The van der Waals surface area contributed by atoms with E-state index in [1.165, 1.54) is 14.2 Å². The predicted molar refractivity (Wildman–Crippen MR) is 108 cm³/mol. The van der Waals surface area contributed by atoms with Crippen LogP contribution in [0.2, 0.25) is 0 Å². The third kappa shape index (κ3) is 4.18. The third-order valence-electron chi connectivity index (χ3n) is 4.55. The van der Waals surface area contributed by atoms with Gasteiger partial charge in [0.1, 0.15) is 0 Å². The molecule has 1 fully saturated rings. The summed E-state index contributed by atoms with van der Waals surface area (Å²) in [6, 6.07) is 9.95. The zero-order valence-electron chi connectivity index (χ0n) is 16.1. The van der Waals surface area contributed by atoms with Crippen LogP contribution in [0.15, 0.2) is 47.5 Å². The highest BCUT2D eigenvalue weighted by atomic mass is 16.5. The van der Waals surface area contributed by atoms with Gasteiger partial charge in [-0.15, -0.1) is 0 Å². The van der Waals surface area contributed by atoms with Crippen LogP contribution < -0.4 is 9.47 Å². The summed E-state index contributed by atoms with van der Waals surface area (Å²) in [5, 5.41) is 19.5. The molecule has 6 heteroatoms. The van der Waals surface area contributed by atoms with Gasteiger partial charge in [-0.3, -0.25) is 9.69 Å². The number of benzene rings is 2. The summed E-state index contributed by atoms with van der Waals surface area (Å²) in [5.74, 6) is 0.796. The van der Waals surface area contributed by atoms with Crippen molar-refractivity contribution >= 4 is 17.9 Å². The zero-order valence-corrected chi connectivity index (χ0v) is 16.1. The average Bonchev–Trinajstić information content (AvgIpc) is 2.68. The maximum Gasteiger partial charge on any atom is 0.187 e. The van der Waals surface area contributed by atoms with E-state index in [1.54, 1.807) is 36.4 Å². The fourth-order valence-electron chi connectivity index (χ4n) is 3.18. The Morgan fingerprint density at radius 3 is 1.68 bits per heavy atom. The normalized spacial score (nSPS) is 17.9. The number of hydrogen-bond acceptors (Lipinski definition) is 6. The fourth-order valence-corrected chi connectivity index (χ4v) is 3.18. The summed E-state index contributed by atoms with van der Waals surface area (Å²) in [4.78, 5) is 15.0. The van der Waals surface area contributed by atoms with Gasteiger partial charge < -0.3 is 19.7 Å². The largest absolute Gasteiger partial charge is 0.504 e. The summed E-state index contributed by atoms with van der Waals surface area (Å²) in [7, 11) is 4.92. The number of piperidine rings is 1. The number of hydrogen-bond donors (Lipinski definition) is 2. The number of rotatable bonds is 4. The molecule has 0 aromatic heterocycles. The second-order valence-corrected chi connectivity index (χ2v) is 6.70. The Labute approximate surface area is 163 Å². The van der Waals surface area contributed by atoms with Crippen molar-refractivity contribution in [1.82, 2.24) is 4.90 Å². The van der Waals surface area contributed by atoms with Crippen molar-refractivity contribution < 1.29 is 24.5 Å². The quantitative estimate of drug-likeness (QED) is 0.793. The molecule has 0 radical (unpaired) electrons. The van der Waals surface area contributed by atoms with Gasteiger partial charge in [-0.1, -0.05) is 12.1 Å². The monoisotopic (exact) mass is 381 g/mol. The number of methoxy groups -OCH3 is 2. The van der Waals surface area contributed by atoms with Gasteiger partial charge in [0.05, 0.1) is 14.2 Å². The Morgan fingerprint density at radius 1 is 0.857 bits per heavy atom. The van der Waals surface area contributed by atoms with E-state index in [1.807, 2.05) is 24.1 Å². The molecule has 0 aliphatic carbocycles. The first-order chi connectivity index (χ1) is 13.4. The van der Waals surface area contributed by atoms with E-state index in [2.05, 4.69) is 0 Å². The molecule has 0 unspecified atom stereocenters. The smallest absolute Gasteiger partial charge is 0.187 e. The number of aromatic hydroxyl groups is 2. The Bertz CT molecular complexity index is 886. The standard InChI is InChI=1S/C22H23NO5/c1-23-12-16(8-14-4-6-18(24)20(10-14)27-2)22(26)17(13-23)9-15-5-7-19(25)21(11-15)28-3/h4-11,24-25H,12-13H2,1-3H3. The topological polar surface area (TPSA) is 79.2 Å². The second-order valence-electron chi connectivity index (χ2n) is 6.70. The van der Waals surface area contributed by atoms with Crippen molar-refractivity contribution in [2.24, 2.45) is 0 Å². The van der Waals surface area contributed by atoms with Crippen molar-refractivity contribution in [1.29, 1.82) is 0 Å². The molecule has 1 heterocycles. The van der Waals surface area contributed by atoms with Crippen LogP contribution >= 0.6 is 0 Å². The van der Waals surface area contributed by atoms with Crippen LogP contribution in [0.3, 0.4) is 0 Å². The molecule has 28 heavy (non-hydrogen) atoms. The number of carbonyl (C=O) groups excluding carboxylic acids is 1. The minimum atomic E-state index is -0.0304. The Kier molecular flexibility index (Phi) is 5.70. The molecule has 146 valence electrons. The summed E-state index contributed by atoms with van der Waals surface area (Å²) < 4.78 is 10.3. The molecule has 0 amide bonds. The van der Waals surface area contributed by atoms with Gasteiger partial charge in [-0.2, -0.15) is 0 Å². The molecule has 2 aromatic carbocycles. The first kappa shape index (κ1) is 19.5. The lowest BCUT2D eigenvalue weighted by molar-refractivity contribution is -0.113. The van der Waals surface area contributed by atoms with Crippen LogP contribution in [0.5, 0.6) is 23.0 Å². The zero-order chi connectivity index (χ0) is 20.3. The van der Waals surface area contributed by atoms with Crippen LogP contribution in [-0.2, 0) is 4.79 Å². The minimum absolute atomic E-state index is 0.0304. The van der Waals surface area contributed by atoms with E-state index in [0.29, 0.717) is 35.7 Å². The summed E-state index contributed by atoms with van der Waals surface area (Å²) in [6.45, 7) is 1.05. The highest BCUT2D eigenvalue weighted by Crippen LogP contribution is 2.30. The maximum atomic E-state index is 13.0. The van der Waals surface area contributed by atoms with Gasteiger partial charge in [-0.25, -0.2) is 0 Å². The lowest BCUT2D eigenvalue weighted by Crippen LogP contribution is -2.34. The van der Waals surface area contributed by atoms with Crippen LogP contribution in [0.1, 0.15) is 11.1 Å². The lowest BCUT2D eigenvalue weighted by atomic mass is 9.94. The molecule has 6 nitrogen and oxygen atoms in total. The minimum Gasteiger partial charge on any atom is -0.504 e. The lowest BCUT2D eigenvalue weighted by Gasteiger charge is -2.26. The predicted octanol–water partition coefficient (Wildman–Crippen LogP) is 3.10. The van der Waals surface area contributed by atoms with Crippen LogP contribution in [0.25, 0.3) is 12.2 Å². The fraction of sp³-hybridized carbons (Fsp3) is 0.227. The molecular weight excluding hydrogens is 358 g/mol. The maximum absolute atomic E-state index is 13.0. The molecule has 3 rings (SSSR count). The van der Waals surface area contributed by atoms with Crippen molar-refractivity contribution in [2.45, 2.75) is 0 Å². The Balaban J connectivity index is 1.94. The summed E-state index contributed by atoms with van der Waals surface area (Å²) >= 11 is 0. The van der Waals surface area contributed by atoms with Gasteiger partial charge in [0.2, 0.25) is 0 Å². The van der Waals surface area contributed by atoms with Crippen molar-refractivity contribution in [3.63, 3.8) is 0 Å². The molecule has 1 aliphatic rings. The number of Topliss-reactive ketones (excluding diaryl/α,β-unsaturated/α-hetero) is 1. The van der Waals surface area contributed by atoms with E-state index < -0.39 is 0 Å². The number of phenolic OH excluding ortho intramolecular Hbond substituents is 2. The van der Waals surface area contributed by atoms with E-state index >= 15 is 0 Å². The number of likely N-dealkylation sites (N-methyl/N-ethyl adjacent to an activating group) is 1. The summed E-state index contributed by atoms with van der Waals surface area (Å²) in [6.07, 6.45) is 3.62. The molecule has 2 N–H and O–H groups in total. The van der Waals surface area contributed by atoms with Gasteiger partial charge in [-0.05, 0) is 54.6 Å². The van der Waals surface area contributed by atoms with Crippen LogP contribution in [-0.4, -0.2) is 55.3 Å². The van der Waals surface area contributed by atoms with Gasteiger partial charge >= 0.3 is 0 Å². The highest BCUT2D eigenvalue weighted by Gasteiger charge is 2.24. The number of phenols is 2. The molecule has 0 spiro atoms. The number of carbonyl (C=O) groups is 1.